The van der Waals surface area contributed by atoms with Crippen molar-refractivity contribution in [1.29, 1.82) is 0 Å². The quantitative estimate of drug-likeness (QED) is 0.723. The first kappa shape index (κ1) is 17.5. The second-order valence-corrected chi connectivity index (χ2v) is 6.80. The monoisotopic (exact) mass is 365 g/mol. The third-order valence-corrected chi connectivity index (χ3v) is 4.71. The molecule has 0 unspecified atom stereocenters. The summed E-state index contributed by atoms with van der Waals surface area (Å²) in [5, 5.41) is 3.28. The standard InChI is InChI=1S/C20H23N5O2/c1-12-9-15(14-5-6-16-21-7-8-25(16)10-14)17-18(12)23-20(24-19(17)27-4)22-13(2)11-26-3/h5-10,12-13H,11H2,1-4H3,(H,22,23,24)/t12-,13+/m0/s1. The fourth-order valence-corrected chi connectivity index (χ4v) is 3.50. The van der Waals surface area contributed by atoms with Crippen LogP contribution in [0.2, 0.25) is 0 Å². The highest BCUT2D eigenvalue weighted by Gasteiger charge is 2.29. The van der Waals surface area contributed by atoms with Gasteiger partial charge in [-0.1, -0.05) is 13.0 Å². The first-order chi connectivity index (χ1) is 13.1. The first-order valence-corrected chi connectivity index (χ1v) is 8.97. The van der Waals surface area contributed by atoms with Gasteiger partial charge in [-0.2, -0.15) is 4.98 Å². The molecular weight excluding hydrogens is 342 g/mol. The number of pyridine rings is 1. The molecular formula is C20H23N5O2. The summed E-state index contributed by atoms with van der Waals surface area (Å²) < 4.78 is 12.8. The van der Waals surface area contributed by atoms with E-state index in [1.807, 2.05) is 23.6 Å². The van der Waals surface area contributed by atoms with Crippen LogP contribution >= 0.6 is 0 Å². The van der Waals surface area contributed by atoms with Gasteiger partial charge in [-0.15, -0.1) is 0 Å². The molecule has 4 rings (SSSR count). The Morgan fingerprint density at radius 3 is 2.89 bits per heavy atom. The van der Waals surface area contributed by atoms with Crippen LogP contribution in [-0.2, 0) is 4.74 Å². The molecule has 0 saturated heterocycles. The molecule has 1 aliphatic rings. The van der Waals surface area contributed by atoms with E-state index in [1.54, 1.807) is 20.4 Å². The Kier molecular flexibility index (Phi) is 4.53. The summed E-state index contributed by atoms with van der Waals surface area (Å²) in [6, 6.07) is 4.18. The van der Waals surface area contributed by atoms with E-state index in [4.69, 9.17) is 14.5 Å². The molecule has 3 aromatic rings. The van der Waals surface area contributed by atoms with E-state index in [0.717, 1.165) is 28.0 Å². The maximum atomic E-state index is 5.63. The fraction of sp³-hybridized carbons (Fsp3) is 0.350. The van der Waals surface area contributed by atoms with Crippen molar-refractivity contribution in [2.75, 3.05) is 26.1 Å². The van der Waals surface area contributed by atoms with E-state index in [9.17, 15) is 0 Å². The highest BCUT2D eigenvalue weighted by Crippen LogP contribution is 2.43. The van der Waals surface area contributed by atoms with Crippen molar-refractivity contribution in [2.45, 2.75) is 25.8 Å². The summed E-state index contributed by atoms with van der Waals surface area (Å²) in [5.41, 5.74) is 5.01. The summed E-state index contributed by atoms with van der Waals surface area (Å²) in [6.07, 6.45) is 8.02. The van der Waals surface area contributed by atoms with Crippen LogP contribution in [-0.4, -0.2) is 46.2 Å². The molecule has 140 valence electrons. The first-order valence-electron chi connectivity index (χ1n) is 8.97. The molecule has 0 amide bonds. The number of methoxy groups -OCH3 is 2. The van der Waals surface area contributed by atoms with Crippen LogP contribution in [0.3, 0.4) is 0 Å². The number of hydrogen-bond donors (Lipinski definition) is 1. The van der Waals surface area contributed by atoms with Crippen LogP contribution < -0.4 is 10.1 Å². The van der Waals surface area contributed by atoms with Gasteiger partial charge < -0.3 is 19.2 Å². The highest BCUT2D eigenvalue weighted by molar-refractivity contribution is 5.87. The molecule has 2 atom stereocenters. The van der Waals surface area contributed by atoms with Crippen molar-refractivity contribution >= 4 is 17.2 Å². The Bertz CT molecular complexity index is 1010. The predicted octanol–water partition coefficient (Wildman–Crippen LogP) is 3.13. The van der Waals surface area contributed by atoms with Gasteiger partial charge in [-0.3, -0.25) is 0 Å². The number of fused-ring (bicyclic) bond motifs is 2. The fourth-order valence-electron chi connectivity index (χ4n) is 3.50. The van der Waals surface area contributed by atoms with E-state index in [2.05, 4.69) is 40.5 Å². The van der Waals surface area contributed by atoms with Crippen LogP contribution in [0.25, 0.3) is 11.2 Å². The van der Waals surface area contributed by atoms with Crippen molar-refractivity contribution in [3.05, 3.63) is 53.6 Å². The Morgan fingerprint density at radius 1 is 1.26 bits per heavy atom. The number of aromatic nitrogens is 4. The van der Waals surface area contributed by atoms with Crippen molar-refractivity contribution in [2.24, 2.45) is 0 Å². The maximum absolute atomic E-state index is 5.63. The number of imidazole rings is 1. The van der Waals surface area contributed by atoms with Gasteiger partial charge >= 0.3 is 0 Å². The molecule has 0 radical (unpaired) electrons. The molecule has 0 bridgehead atoms. The zero-order chi connectivity index (χ0) is 19.0. The second-order valence-electron chi connectivity index (χ2n) is 6.80. The minimum atomic E-state index is 0.102. The van der Waals surface area contributed by atoms with Crippen molar-refractivity contribution in [1.82, 2.24) is 19.4 Å². The van der Waals surface area contributed by atoms with E-state index in [-0.39, 0.29) is 12.0 Å². The molecule has 1 N–H and O–H groups in total. The summed E-state index contributed by atoms with van der Waals surface area (Å²) in [4.78, 5) is 13.7. The van der Waals surface area contributed by atoms with Crippen molar-refractivity contribution in [3.63, 3.8) is 0 Å². The number of rotatable bonds is 6. The van der Waals surface area contributed by atoms with Gasteiger partial charge in [-0.05, 0) is 30.2 Å². The Morgan fingerprint density at radius 2 is 2.11 bits per heavy atom. The Hall–Kier alpha value is -2.93. The van der Waals surface area contributed by atoms with Gasteiger partial charge in [0.1, 0.15) is 5.65 Å². The lowest BCUT2D eigenvalue weighted by Gasteiger charge is -2.16. The van der Waals surface area contributed by atoms with Gasteiger partial charge in [0.25, 0.3) is 0 Å². The summed E-state index contributed by atoms with van der Waals surface area (Å²) >= 11 is 0. The largest absolute Gasteiger partial charge is 0.480 e. The average molecular weight is 365 g/mol. The minimum Gasteiger partial charge on any atom is -0.480 e. The Labute approximate surface area is 158 Å². The number of nitrogens with zero attached hydrogens (tertiary/aromatic N) is 4. The lowest BCUT2D eigenvalue weighted by atomic mass is 10.0. The zero-order valence-corrected chi connectivity index (χ0v) is 15.9. The molecule has 0 fully saturated rings. The van der Waals surface area contributed by atoms with Gasteiger partial charge in [0.15, 0.2) is 0 Å². The predicted molar refractivity (Wildman–Crippen MR) is 104 cm³/mol. The van der Waals surface area contributed by atoms with E-state index in [1.165, 1.54) is 0 Å². The maximum Gasteiger partial charge on any atom is 0.226 e. The third kappa shape index (κ3) is 3.14. The Balaban J connectivity index is 1.76. The van der Waals surface area contributed by atoms with Crippen LogP contribution in [0.4, 0.5) is 5.95 Å². The van der Waals surface area contributed by atoms with Crippen LogP contribution in [0.5, 0.6) is 5.88 Å². The normalized spacial score (nSPS) is 16.9. The number of allylic oxidation sites excluding steroid dienone is 1. The molecule has 1 aliphatic carbocycles. The third-order valence-electron chi connectivity index (χ3n) is 4.71. The summed E-state index contributed by atoms with van der Waals surface area (Å²) in [7, 11) is 3.32. The SMILES string of the molecule is COC[C@@H](C)Nc1nc(OC)c2c(n1)[C@@H](C)C=C2c1ccc2nccn2c1. The summed E-state index contributed by atoms with van der Waals surface area (Å²) in [6.45, 7) is 4.74. The molecule has 3 aromatic heterocycles. The van der Waals surface area contributed by atoms with E-state index in [0.29, 0.717) is 18.4 Å². The number of hydrogen-bond acceptors (Lipinski definition) is 6. The van der Waals surface area contributed by atoms with Crippen LogP contribution in [0, 0.1) is 0 Å². The van der Waals surface area contributed by atoms with Crippen LogP contribution in [0.15, 0.2) is 36.8 Å². The molecule has 0 aliphatic heterocycles. The molecule has 3 heterocycles. The summed E-state index contributed by atoms with van der Waals surface area (Å²) in [5.74, 6) is 1.30. The average Bonchev–Trinajstić information content (AvgIpc) is 3.25. The van der Waals surface area contributed by atoms with Gasteiger partial charge in [0, 0.05) is 37.7 Å². The second kappa shape index (κ2) is 7.00. The molecule has 0 spiro atoms. The van der Waals surface area contributed by atoms with Crippen LogP contribution in [0.1, 0.15) is 36.6 Å². The number of anilines is 1. The molecule has 27 heavy (non-hydrogen) atoms. The van der Waals surface area contributed by atoms with Gasteiger partial charge in [0.2, 0.25) is 11.8 Å². The molecule has 7 heteroatoms. The molecule has 7 nitrogen and oxygen atoms in total. The minimum absolute atomic E-state index is 0.102. The lowest BCUT2D eigenvalue weighted by molar-refractivity contribution is 0.190. The zero-order valence-electron chi connectivity index (χ0n) is 15.9. The number of nitrogens with one attached hydrogen (secondary N) is 1. The van der Waals surface area contributed by atoms with Crippen molar-refractivity contribution < 1.29 is 9.47 Å². The topological polar surface area (TPSA) is 73.6 Å². The lowest BCUT2D eigenvalue weighted by Crippen LogP contribution is -2.23. The van der Waals surface area contributed by atoms with Gasteiger partial charge in [-0.25, -0.2) is 9.97 Å². The smallest absolute Gasteiger partial charge is 0.226 e. The highest BCUT2D eigenvalue weighted by atomic mass is 16.5. The van der Waals surface area contributed by atoms with Crippen molar-refractivity contribution in [3.8, 4) is 5.88 Å². The van der Waals surface area contributed by atoms with E-state index >= 15 is 0 Å². The molecule has 0 saturated carbocycles. The van der Waals surface area contributed by atoms with Gasteiger partial charge in [0.05, 0.1) is 25.0 Å². The number of ether oxygens (including phenoxy) is 2. The molecule has 0 aromatic carbocycles. The van der Waals surface area contributed by atoms with E-state index < -0.39 is 0 Å².